The summed E-state index contributed by atoms with van der Waals surface area (Å²) in [6.07, 6.45) is 6.08. The molecule has 116 valence electrons. The molecule has 2 rings (SSSR count). The van der Waals surface area contributed by atoms with Crippen LogP contribution in [0.5, 0.6) is 11.5 Å². The van der Waals surface area contributed by atoms with Crippen LogP contribution in [0.1, 0.15) is 11.3 Å². The van der Waals surface area contributed by atoms with Crippen LogP contribution < -0.4 is 5.32 Å². The van der Waals surface area contributed by atoms with Crippen molar-refractivity contribution in [1.29, 1.82) is 5.26 Å². The number of nitrogens with zero attached hydrogens (tertiary/aromatic N) is 1. The highest BCUT2D eigenvalue weighted by atomic mass is 16.3. The van der Waals surface area contributed by atoms with Crippen molar-refractivity contribution >= 4 is 12.0 Å². The van der Waals surface area contributed by atoms with Crippen molar-refractivity contribution in [2.75, 3.05) is 0 Å². The Morgan fingerprint density at radius 3 is 2.78 bits per heavy atom. The summed E-state index contributed by atoms with van der Waals surface area (Å²) in [5, 5.41) is 30.2. The fraction of sp³-hybridized carbons (Fsp3) is 0.0588. The molecule has 0 saturated carbocycles. The van der Waals surface area contributed by atoms with Gasteiger partial charge >= 0.3 is 0 Å². The SMILES string of the molecule is N#CC(=CC=Cc1ccco1)C(=O)NCc1ccc(O)c(O)c1. The van der Waals surface area contributed by atoms with Crippen molar-refractivity contribution in [1.82, 2.24) is 5.32 Å². The maximum absolute atomic E-state index is 11.9. The zero-order chi connectivity index (χ0) is 16.7. The zero-order valence-electron chi connectivity index (χ0n) is 12.1. The van der Waals surface area contributed by atoms with E-state index in [1.165, 1.54) is 24.5 Å². The van der Waals surface area contributed by atoms with E-state index in [2.05, 4.69) is 5.32 Å². The fourth-order valence-corrected chi connectivity index (χ4v) is 1.75. The second-order valence-electron chi connectivity index (χ2n) is 4.57. The number of carbonyl (C=O) groups is 1. The van der Waals surface area contributed by atoms with Gasteiger partial charge in [0.05, 0.1) is 6.26 Å². The maximum Gasteiger partial charge on any atom is 0.262 e. The number of carbonyl (C=O) groups excluding carboxylic acids is 1. The van der Waals surface area contributed by atoms with E-state index in [9.17, 15) is 15.0 Å². The Kier molecular flexibility index (Phi) is 5.21. The van der Waals surface area contributed by atoms with E-state index in [1.54, 1.807) is 30.4 Å². The summed E-state index contributed by atoms with van der Waals surface area (Å²) in [7, 11) is 0. The minimum atomic E-state index is -0.538. The molecule has 1 aromatic heterocycles. The fourth-order valence-electron chi connectivity index (χ4n) is 1.75. The first-order chi connectivity index (χ1) is 11.1. The lowest BCUT2D eigenvalue weighted by atomic mass is 10.2. The van der Waals surface area contributed by atoms with Gasteiger partial charge in [0.2, 0.25) is 0 Å². The Labute approximate surface area is 132 Å². The van der Waals surface area contributed by atoms with Crippen molar-refractivity contribution in [3.8, 4) is 17.6 Å². The van der Waals surface area contributed by atoms with E-state index in [0.29, 0.717) is 11.3 Å². The second kappa shape index (κ2) is 7.52. The van der Waals surface area contributed by atoms with E-state index in [0.717, 1.165) is 0 Å². The molecule has 0 aliphatic carbocycles. The Morgan fingerprint density at radius 2 is 2.13 bits per heavy atom. The molecule has 0 atom stereocenters. The van der Waals surface area contributed by atoms with E-state index >= 15 is 0 Å². The number of hydrogen-bond donors (Lipinski definition) is 3. The van der Waals surface area contributed by atoms with Crippen LogP contribution >= 0.6 is 0 Å². The molecule has 1 heterocycles. The number of aromatic hydroxyl groups is 2. The van der Waals surface area contributed by atoms with E-state index in [4.69, 9.17) is 9.68 Å². The van der Waals surface area contributed by atoms with Gasteiger partial charge < -0.3 is 19.9 Å². The predicted molar refractivity (Wildman–Crippen MR) is 83.1 cm³/mol. The van der Waals surface area contributed by atoms with Gasteiger partial charge in [-0.15, -0.1) is 0 Å². The number of phenolic OH excluding ortho intramolecular Hbond substituents is 2. The first-order valence-corrected chi connectivity index (χ1v) is 6.71. The minimum absolute atomic E-state index is 0.0594. The van der Waals surface area contributed by atoms with Gasteiger partial charge in [0, 0.05) is 6.54 Å². The van der Waals surface area contributed by atoms with E-state index in [-0.39, 0.29) is 23.6 Å². The summed E-state index contributed by atoms with van der Waals surface area (Å²) in [5.41, 5.74) is 0.535. The average Bonchev–Trinajstić information content (AvgIpc) is 3.06. The first kappa shape index (κ1) is 15.9. The van der Waals surface area contributed by atoms with Gasteiger partial charge in [-0.1, -0.05) is 12.1 Å². The summed E-state index contributed by atoms with van der Waals surface area (Å²) < 4.78 is 5.09. The average molecular weight is 310 g/mol. The Balaban J connectivity index is 1.97. The Hall–Kier alpha value is -3.46. The number of phenols is 2. The number of hydrogen-bond acceptors (Lipinski definition) is 5. The highest BCUT2D eigenvalue weighted by Crippen LogP contribution is 2.24. The van der Waals surface area contributed by atoms with Gasteiger partial charge in [0.1, 0.15) is 17.4 Å². The highest BCUT2D eigenvalue weighted by Gasteiger charge is 2.08. The van der Waals surface area contributed by atoms with Gasteiger partial charge in [-0.05, 0) is 42.0 Å². The number of furan rings is 1. The molecule has 0 radical (unpaired) electrons. The number of nitriles is 1. The maximum atomic E-state index is 11.9. The molecule has 1 amide bonds. The molecule has 0 fully saturated rings. The number of benzene rings is 1. The van der Waals surface area contributed by atoms with Gasteiger partial charge in [0.25, 0.3) is 5.91 Å². The molecule has 0 saturated heterocycles. The molecule has 3 N–H and O–H groups in total. The molecule has 0 bridgehead atoms. The van der Waals surface area contributed by atoms with Crippen LogP contribution in [0.25, 0.3) is 6.08 Å². The number of nitrogens with one attached hydrogen (secondary N) is 1. The van der Waals surface area contributed by atoms with Crippen molar-refractivity contribution in [3.05, 3.63) is 65.6 Å². The normalized spacial score (nSPS) is 11.3. The molecule has 6 nitrogen and oxygen atoms in total. The van der Waals surface area contributed by atoms with Crippen LogP contribution in [0, 0.1) is 11.3 Å². The van der Waals surface area contributed by atoms with Crippen LogP contribution in [0.15, 0.2) is 58.7 Å². The molecule has 2 aromatic rings. The zero-order valence-corrected chi connectivity index (χ0v) is 12.1. The van der Waals surface area contributed by atoms with Crippen LogP contribution in [0.2, 0.25) is 0 Å². The van der Waals surface area contributed by atoms with Gasteiger partial charge in [-0.3, -0.25) is 4.79 Å². The van der Waals surface area contributed by atoms with E-state index in [1.807, 2.05) is 6.07 Å². The molecule has 0 aliphatic rings. The molecular weight excluding hydrogens is 296 g/mol. The lowest BCUT2D eigenvalue weighted by molar-refractivity contribution is -0.117. The molecule has 0 aliphatic heterocycles. The summed E-state index contributed by atoms with van der Waals surface area (Å²) in [6, 6.07) is 9.51. The number of allylic oxidation sites excluding steroid dienone is 2. The standard InChI is InChI=1S/C17H14N2O4/c18-10-13(3-1-4-14-5-2-8-23-14)17(22)19-11-12-6-7-15(20)16(21)9-12/h1-9,20-21H,11H2,(H,19,22). The van der Waals surface area contributed by atoms with Crippen LogP contribution in [-0.4, -0.2) is 16.1 Å². The summed E-state index contributed by atoms with van der Waals surface area (Å²) in [4.78, 5) is 11.9. The summed E-state index contributed by atoms with van der Waals surface area (Å²) in [5.74, 6) is -0.433. The topological polar surface area (TPSA) is 106 Å². The van der Waals surface area contributed by atoms with Crippen molar-refractivity contribution in [2.45, 2.75) is 6.54 Å². The minimum Gasteiger partial charge on any atom is -0.504 e. The third-order valence-electron chi connectivity index (χ3n) is 2.92. The molecule has 1 aromatic carbocycles. The monoisotopic (exact) mass is 310 g/mol. The quantitative estimate of drug-likeness (QED) is 0.340. The molecule has 0 unspecified atom stereocenters. The van der Waals surface area contributed by atoms with Gasteiger partial charge in [-0.25, -0.2) is 0 Å². The first-order valence-electron chi connectivity index (χ1n) is 6.71. The molecule has 0 spiro atoms. The van der Waals surface area contributed by atoms with Crippen LogP contribution in [-0.2, 0) is 11.3 Å². The number of amides is 1. The highest BCUT2D eigenvalue weighted by molar-refractivity contribution is 5.97. The number of rotatable bonds is 5. The summed E-state index contributed by atoms with van der Waals surface area (Å²) in [6.45, 7) is 0.119. The van der Waals surface area contributed by atoms with Crippen LogP contribution in [0.4, 0.5) is 0 Å². The molecular formula is C17H14N2O4. The van der Waals surface area contributed by atoms with Gasteiger partial charge in [0.15, 0.2) is 11.5 Å². The van der Waals surface area contributed by atoms with Crippen molar-refractivity contribution in [3.63, 3.8) is 0 Å². The van der Waals surface area contributed by atoms with E-state index < -0.39 is 5.91 Å². The lowest BCUT2D eigenvalue weighted by Crippen LogP contribution is -2.23. The smallest absolute Gasteiger partial charge is 0.262 e. The predicted octanol–water partition coefficient (Wildman–Crippen LogP) is 2.47. The van der Waals surface area contributed by atoms with Crippen molar-refractivity contribution in [2.24, 2.45) is 0 Å². The largest absolute Gasteiger partial charge is 0.504 e. The summed E-state index contributed by atoms with van der Waals surface area (Å²) >= 11 is 0. The third kappa shape index (κ3) is 4.51. The van der Waals surface area contributed by atoms with Crippen LogP contribution in [0.3, 0.4) is 0 Å². The van der Waals surface area contributed by atoms with Crippen molar-refractivity contribution < 1.29 is 19.4 Å². The third-order valence-corrected chi connectivity index (χ3v) is 2.92. The Bertz CT molecular complexity index is 783. The molecule has 23 heavy (non-hydrogen) atoms. The Morgan fingerprint density at radius 1 is 1.30 bits per heavy atom. The second-order valence-corrected chi connectivity index (χ2v) is 4.57. The lowest BCUT2D eigenvalue weighted by Gasteiger charge is -2.05. The molecule has 6 heteroatoms. The van der Waals surface area contributed by atoms with Gasteiger partial charge in [-0.2, -0.15) is 5.26 Å².